The third-order valence-electron chi connectivity index (χ3n) is 1.95. The van der Waals surface area contributed by atoms with E-state index in [9.17, 15) is 0 Å². The smallest absolute Gasteiger partial charge is 0.169 e. The fourth-order valence-electron chi connectivity index (χ4n) is 1.32. The van der Waals surface area contributed by atoms with Gasteiger partial charge in [0.1, 0.15) is 0 Å². The first-order valence-corrected chi connectivity index (χ1v) is 4.94. The van der Waals surface area contributed by atoms with Crippen LogP contribution in [0.2, 0.25) is 0 Å². The minimum Gasteiger partial charge on any atom is -0.457 e. The summed E-state index contributed by atoms with van der Waals surface area (Å²) in [7, 11) is 0. The molecule has 0 bridgehead atoms. The molecule has 0 aromatic carbocycles. The summed E-state index contributed by atoms with van der Waals surface area (Å²) in [5.41, 5.74) is 3.92. The van der Waals surface area contributed by atoms with E-state index in [1.165, 1.54) is 0 Å². The quantitative estimate of drug-likeness (QED) is 0.623. The molecule has 0 saturated carbocycles. The topological polar surface area (TPSA) is 51.2 Å². The first-order chi connectivity index (χ1) is 5.95. The molecule has 74 valence electrons. The second-order valence-electron chi connectivity index (χ2n) is 4.15. The first kappa shape index (κ1) is 10.8. The van der Waals surface area contributed by atoms with Gasteiger partial charge in [-0.2, -0.15) is 0 Å². The fraction of sp³-hybridized carbons (Fsp3) is 0.556. The molecule has 0 radical (unpaired) electrons. The Bertz CT molecular complexity index is 277. The minimum absolute atomic E-state index is 0.0675. The highest BCUT2D eigenvalue weighted by molar-refractivity contribution is 9.10. The van der Waals surface area contributed by atoms with E-state index in [1.807, 2.05) is 6.07 Å². The Labute approximate surface area is 86.8 Å². The summed E-state index contributed by atoms with van der Waals surface area (Å²) >= 11 is 3.26. The van der Waals surface area contributed by atoms with Crippen LogP contribution in [0.4, 0.5) is 0 Å². The van der Waals surface area contributed by atoms with Gasteiger partial charge < -0.3 is 4.42 Å². The van der Waals surface area contributed by atoms with Crippen LogP contribution in [0.25, 0.3) is 0 Å². The van der Waals surface area contributed by atoms with Crippen molar-refractivity contribution >= 4 is 15.9 Å². The lowest BCUT2D eigenvalue weighted by atomic mass is 9.84. The molecule has 1 rings (SSSR count). The van der Waals surface area contributed by atoms with Crippen molar-refractivity contribution in [1.82, 2.24) is 5.43 Å². The van der Waals surface area contributed by atoms with Gasteiger partial charge in [-0.1, -0.05) is 20.8 Å². The summed E-state index contributed by atoms with van der Waals surface area (Å²) in [4.78, 5) is 0. The molecule has 0 saturated heterocycles. The van der Waals surface area contributed by atoms with Crippen molar-refractivity contribution in [3.05, 3.63) is 22.6 Å². The van der Waals surface area contributed by atoms with E-state index in [0.29, 0.717) is 0 Å². The van der Waals surface area contributed by atoms with Gasteiger partial charge in [0.05, 0.1) is 12.3 Å². The predicted octanol–water partition coefficient (Wildman–Crippen LogP) is 2.59. The number of hydrazine groups is 1. The SMILES string of the molecule is CC(C)(C)C(NN)c1coc(Br)c1. The number of rotatable bonds is 2. The van der Waals surface area contributed by atoms with Crippen LogP contribution in [-0.4, -0.2) is 0 Å². The average Bonchev–Trinajstić information content (AvgIpc) is 2.34. The van der Waals surface area contributed by atoms with Gasteiger partial charge >= 0.3 is 0 Å². The van der Waals surface area contributed by atoms with E-state index in [0.717, 1.165) is 10.2 Å². The van der Waals surface area contributed by atoms with Gasteiger partial charge in [0.15, 0.2) is 4.67 Å². The number of furan rings is 1. The Balaban J connectivity index is 2.91. The van der Waals surface area contributed by atoms with E-state index >= 15 is 0 Å². The van der Waals surface area contributed by atoms with Crippen molar-refractivity contribution in [2.45, 2.75) is 26.8 Å². The maximum Gasteiger partial charge on any atom is 0.169 e. The number of nitrogens with one attached hydrogen (secondary N) is 1. The van der Waals surface area contributed by atoms with Gasteiger partial charge in [0.25, 0.3) is 0 Å². The lowest BCUT2D eigenvalue weighted by Crippen LogP contribution is -2.36. The maximum absolute atomic E-state index is 5.49. The van der Waals surface area contributed by atoms with Crippen molar-refractivity contribution in [2.24, 2.45) is 11.3 Å². The molecule has 1 atom stereocenters. The molecular weight excluding hydrogens is 232 g/mol. The Kier molecular flexibility index (Phi) is 3.16. The van der Waals surface area contributed by atoms with Gasteiger partial charge in [-0.15, -0.1) is 0 Å². The lowest BCUT2D eigenvalue weighted by molar-refractivity contribution is 0.274. The van der Waals surface area contributed by atoms with Gasteiger partial charge in [0, 0.05) is 5.56 Å². The van der Waals surface area contributed by atoms with Crippen LogP contribution in [0.15, 0.2) is 21.4 Å². The second-order valence-corrected chi connectivity index (χ2v) is 4.93. The molecule has 3 N–H and O–H groups in total. The molecule has 0 aliphatic rings. The number of halogens is 1. The zero-order valence-corrected chi connectivity index (χ0v) is 9.68. The second kappa shape index (κ2) is 3.82. The highest BCUT2D eigenvalue weighted by atomic mass is 79.9. The molecule has 0 fully saturated rings. The molecule has 3 nitrogen and oxygen atoms in total. The van der Waals surface area contributed by atoms with E-state index in [1.54, 1.807) is 6.26 Å². The third kappa shape index (κ3) is 2.56. The summed E-state index contributed by atoms with van der Waals surface area (Å²) < 4.78 is 5.89. The Morgan fingerprint density at radius 1 is 1.54 bits per heavy atom. The van der Waals surface area contributed by atoms with Crippen molar-refractivity contribution in [1.29, 1.82) is 0 Å². The molecule has 4 heteroatoms. The molecular formula is C9H15BrN2O. The van der Waals surface area contributed by atoms with Crippen LogP contribution in [0, 0.1) is 5.41 Å². The zero-order chi connectivity index (χ0) is 10.1. The summed E-state index contributed by atoms with van der Waals surface area (Å²) in [6, 6.07) is 2.03. The van der Waals surface area contributed by atoms with Crippen molar-refractivity contribution in [2.75, 3.05) is 0 Å². The standard InChI is InChI=1S/C9H15BrN2O/c1-9(2,3)8(12-11)6-4-7(10)13-5-6/h4-5,8,12H,11H2,1-3H3. The third-order valence-corrected chi connectivity index (χ3v) is 2.37. The molecule has 0 aliphatic carbocycles. The largest absolute Gasteiger partial charge is 0.457 e. The average molecular weight is 247 g/mol. The molecule has 1 unspecified atom stereocenters. The van der Waals surface area contributed by atoms with Crippen LogP contribution < -0.4 is 11.3 Å². The number of hydrogen-bond donors (Lipinski definition) is 2. The Morgan fingerprint density at radius 3 is 2.46 bits per heavy atom. The summed E-state index contributed by atoms with van der Waals surface area (Å²) in [6.45, 7) is 6.37. The molecule has 1 aromatic rings. The summed E-state index contributed by atoms with van der Waals surface area (Å²) in [6.07, 6.45) is 1.71. The van der Waals surface area contributed by atoms with Crippen molar-refractivity contribution < 1.29 is 4.42 Å². The lowest BCUT2D eigenvalue weighted by Gasteiger charge is -2.28. The molecule has 1 heterocycles. The summed E-state index contributed by atoms with van der Waals surface area (Å²) in [5.74, 6) is 5.49. The van der Waals surface area contributed by atoms with Crippen LogP contribution in [0.1, 0.15) is 32.4 Å². The number of hydrogen-bond acceptors (Lipinski definition) is 3. The van der Waals surface area contributed by atoms with E-state index in [2.05, 4.69) is 42.1 Å². The van der Waals surface area contributed by atoms with Crippen molar-refractivity contribution in [3.8, 4) is 0 Å². The molecule has 1 aromatic heterocycles. The van der Waals surface area contributed by atoms with Crippen LogP contribution in [0.3, 0.4) is 0 Å². The molecule has 0 amide bonds. The van der Waals surface area contributed by atoms with Gasteiger partial charge in [0.2, 0.25) is 0 Å². The number of nitrogens with two attached hydrogens (primary N) is 1. The summed E-state index contributed by atoms with van der Waals surface area (Å²) in [5, 5.41) is 0. The Morgan fingerprint density at radius 2 is 2.15 bits per heavy atom. The van der Waals surface area contributed by atoms with E-state index in [4.69, 9.17) is 10.3 Å². The van der Waals surface area contributed by atoms with E-state index in [-0.39, 0.29) is 11.5 Å². The van der Waals surface area contributed by atoms with Gasteiger partial charge in [-0.05, 0) is 27.4 Å². The fourth-order valence-corrected chi connectivity index (χ4v) is 1.68. The maximum atomic E-state index is 5.49. The molecule has 0 spiro atoms. The normalized spacial score (nSPS) is 14.5. The van der Waals surface area contributed by atoms with Crippen LogP contribution in [-0.2, 0) is 0 Å². The highest BCUT2D eigenvalue weighted by Crippen LogP contribution is 2.33. The van der Waals surface area contributed by atoms with Crippen LogP contribution >= 0.6 is 15.9 Å². The predicted molar refractivity (Wildman–Crippen MR) is 55.9 cm³/mol. The zero-order valence-electron chi connectivity index (χ0n) is 8.10. The molecule has 13 heavy (non-hydrogen) atoms. The monoisotopic (exact) mass is 246 g/mol. The highest BCUT2D eigenvalue weighted by Gasteiger charge is 2.26. The Hall–Kier alpha value is -0.320. The van der Waals surface area contributed by atoms with Crippen molar-refractivity contribution in [3.63, 3.8) is 0 Å². The molecule has 0 aliphatic heterocycles. The van der Waals surface area contributed by atoms with Crippen LogP contribution in [0.5, 0.6) is 0 Å². The van der Waals surface area contributed by atoms with Gasteiger partial charge in [-0.25, -0.2) is 0 Å². The van der Waals surface area contributed by atoms with E-state index < -0.39 is 0 Å². The minimum atomic E-state index is 0.0675. The van der Waals surface area contributed by atoms with Gasteiger partial charge in [-0.3, -0.25) is 11.3 Å². The first-order valence-electron chi connectivity index (χ1n) is 4.15.